The lowest BCUT2D eigenvalue weighted by Gasteiger charge is -2.12. The van der Waals surface area contributed by atoms with E-state index in [4.69, 9.17) is 9.47 Å². The molecule has 0 bridgehead atoms. The second kappa shape index (κ2) is 11.4. The zero-order valence-corrected chi connectivity index (χ0v) is 21.2. The summed E-state index contributed by atoms with van der Waals surface area (Å²) in [6.07, 6.45) is 0. The lowest BCUT2D eigenvalue weighted by Crippen LogP contribution is -2.33. The van der Waals surface area contributed by atoms with Crippen LogP contribution in [0.15, 0.2) is 70.2 Å². The summed E-state index contributed by atoms with van der Waals surface area (Å²) in [5.41, 5.74) is 5.92. The summed E-state index contributed by atoms with van der Waals surface area (Å²) in [5, 5.41) is 6.62. The van der Waals surface area contributed by atoms with Crippen molar-refractivity contribution in [2.75, 3.05) is 12.4 Å². The highest BCUT2D eigenvalue weighted by molar-refractivity contribution is 9.10. The average molecular weight is 538 g/mol. The number of benzene rings is 3. The lowest BCUT2D eigenvalue weighted by molar-refractivity contribution is -0.136. The predicted molar refractivity (Wildman–Crippen MR) is 137 cm³/mol. The molecule has 0 saturated heterocycles. The molecule has 0 saturated carbocycles. The number of carbonyl (C=O) groups is 3. The van der Waals surface area contributed by atoms with Crippen molar-refractivity contribution in [1.82, 2.24) is 5.43 Å². The summed E-state index contributed by atoms with van der Waals surface area (Å²) in [6, 6.07) is 17.3. The minimum atomic E-state index is -0.905. The van der Waals surface area contributed by atoms with Gasteiger partial charge in [0.25, 0.3) is 0 Å². The summed E-state index contributed by atoms with van der Waals surface area (Å²) >= 11 is 3.33. The molecule has 2 N–H and O–H groups in total. The first-order chi connectivity index (χ1) is 16.7. The Kier molecular flexibility index (Phi) is 8.38. The van der Waals surface area contributed by atoms with Crippen molar-refractivity contribution in [3.63, 3.8) is 0 Å². The monoisotopic (exact) mass is 537 g/mol. The van der Waals surface area contributed by atoms with Gasteiger partial charge in [0, 0.05) is 15.7 Å². The molecule has 180 valence electrons. The van der Waals surface area contributed by atoms with Crippen LogP contribution in [-0.2, 0) is 9.59 Å². The number of aryl methyl sites for hydroxylation is 2. The van der Waals surface area contributed by atoms with Gasteiger partial charge in [-0.3, -0.25) is 9.59 Å². The molecule has 0 spiro atoms. The van der Waals surface area contributed by atoms with E-state index in [0.29, 0.717) is 32.7 Å². The van der Waals surface area contributed by atoms with Crippen LogP contribution in [0, 0.1) is 13.8 Å². The summed E-state index contributed by atoms with van der Waals surface area (Å²) in [5.74, 6) is -1.75. The molecule has 0 aliphatic rings. The van der Waals surface area contributed by atoms with Crippen LogP contribution in [0.25, 0.3) is 0 Å². The first-order valence-electron chi connectivity index (χ1n) is 10.6. The number of hydrogen-bond donors (Lipinski definition) is 2. The number of carbonyl (C=O) groups excluding carboxylic acids is 3. The molecule has 3 aromatic rings. The largest absolute Gasteiger partial charge is 0.493 e. The molecule has 0 radical (unpaired) electrons. The molecule has 3 rings (SSSR count). The fourth-order valence-corrected chi connectivity index (χ4v) is 3.64. The van der Waals surface area contributed by atoms with E-state index < -0.39 is 17.8 Å². The van der Waals surface area contributed by atoms with Gasteiger partial charge in [0.2, 0.25) is 0 Å². The zero-order chi connectivity index (χ0) is 25.5. The van der Waals surface area contributed by atoms with Gasteiger partial charge < -0.3 is 14.8 Å². The van der Waals surface area contributed by atoms with Crippen LogP contribution in [0.4, 0.5) is 5.69 Å². The van der Waals surface area contributed by atoms with Gasteiger partial charge in [-0.15, -0.1) is 0 Å². The highest BCUT2D eigenvalue weighted by atomic mass is 79.9. The Balaban J connectivity index is 1.69. The van der Waals surface area contributed by atoms with Crippen LogP contribution in [0.5, 0.6) is 11.5 Å². The number of anilines is 1. The average Bonchev–Trinajstić information content (AvgIpc) is 2.84. The Morgan fingerprint density at radius 1 is 0.886 bits per heavy atom. The van der Waals surface area contributed by atoms with Crippen LogP contribution in [0.2, 0.25) is 0 Å². The SMILES string of the molecule is COc1cc(/C(C)=N/NC(=O)C(=O)Nc2c(C)cccc2C)ccc1OC(=O)c1ccccc1Br. The Labute approximate surface area is 211 Å². The van der Waals surface area contributed by atoms with Crippen molar-refractivity contribution in [2.24, 2.45) is 5.10 Å². The van der Waals surface area contributed by atoms with Gasteiger partial charge in [-0.2, -0.15) is 5.10 Å². The van der Waals surface area contributed by atoms with Gasteiger partial charge in [-0.05, 0) is 78.2 Å². The van der Waals surface area contributed by atoms with E-state index in [1.54, 1.807) is 49.4 Å². The second-order valence-electron chi connectivity index (χ2n) is 7.59. The third-order valence-electron chi connectivity index (χ3n) is 5.13. The van der Waals surface area contributed by atoms with Crippen LogP contribution >= 0.6 is 15.9 Å². The molecule has 8 nitrogen and oxygen atoms in total. The van der Waals surface area contributed by atoms with Crippen molar-refractivity contribution in [2.45, 2.75) is 20.8 Å². The summed E-state index contributed by atoms with van der Waals surface area (Å²) < 4.78 is 11.5. The maximum Gasteiger partial charge on any atom is 0.344 e. The molecular formula is C26H24BrN3O5. The zero-order valence-electron chi connectivity index (χ0n) is 19.6. The van der Waals surface area contributed by atoms with Gasteiger partial charge in [-0.1, -0.05) is 30.3 Å². The molecule has 0 aromatic heterocycles. The Bertz CT molecular complexity index is 1300. The molecule has 9 heteroatoms. The predicted octanol–water partition coefficient (Wildman–Crippen LogP) is 4.77. The van der Waals surface area contributed by atoms with Crippen molar-refractivity contribution in [3.05, 3.63) is 87.4 Å². The number of rotatable bonds is 6. The number of esters is 1. The van der Waals surface area contributed by atoms with E-state index in [-0.39, 0.29) is 5.75 Å². The van der Waals surface area contributed by atoms with E-state index in [0.717, 1.165) is 11.1 Å². The fourth-order valence-electron chi connectivity index (χ4n) is 3.19. The van der Waals surface area contributed by atoms with Crippen LogP contribution < -0.4 is 20.2 Å². The van der Waals surface area contributed by atoms with Crippen LogP contribution in [0.1, 0.15) is 34.0 Å². The van der Waals surface area contributed by atoms with Gasteiger partial charge in [0.05, 0.1) is 18.4 Å². The highest BCUT2D eigenvalue weighted by Crippen LogP contribution is 2.30. The van der Waals surface area contributed by atoms with Gasteiger partial charge in [0.1, 0.15) is 0 Å². The number of methoxy groups -OCH3 is 1. The molecule has 2 amide bonds. The number of nitrogens with one attached hydrogen (secondary N) is 2. The maximum absolute atomic E-state index is 12.5. The number of hydrogen-bond acceptors (Lipinski definition) is 6. The van der Waals surface area contributed by atoms with E-state index in [1.807, 2.05) is 32.0 Å². The Morgan fingerprint density at radius 2 is 1.57 bits per heavy atom. The van der Waals surface area contributed by atoms with Crippen molar-refractivity contribution < 1.29 is 23.9 Å². The molecule has 0 fully saturated rings. The van der Waals surface area contributed by atoms with E-state index in [1.165, 1.54) is 7.11 Å². The number of halogens is 1. The Morgan fingerprint density at radius 3 is 2.23 bits per heavy atom. The number of hydrazone groups is 1. The normalized spacial score (nSPS) is 10.9. The third kappa shape index (κ3) is 6.33. The van der Waals surface area contributed by atoms with Gasteiger partial charge in [-0.25, -0.2) is 10.2 Å². The first kappa shape index (κ1) is 25.6. The lowest BCUT2D eigenvalue weighted by atomic mass is 10.1. The van der Waals surface area contributed by atoms with Crippen LogP contribution in [-0.4, -0.2) is 30.6 Å². The van der Waals surface area contributed by atoms with Crippen molar-refractivity contribution in [1.29, 1.82) is 0 Å². The maximum atomic E-state index is 12.5. The summed E-state index contributed by atoms with van der Waals surface area (Å²) in [7, 11) is 1.45. The minimum Gasteiger partial charge on any atom is -0.493 e. The van der Waals surface area contributed by atoms with Crippen LogP contribution in [0.3, 0.4) is 0 Å². The van der Waals surface area contributed by atoms with Gasteiger partial charge in [0.15, 0.2) is 11.5 Å². The molecule has 3 aromatic carbocycles. The number of ether oxygens (including phenoxy) is 2. The van der Waals surface area contributed by atoms with Crippen molar-refractivity contribution in [3.8, 4) is 11.5 Å². The molecule has 35 heavy (non-hydrogen) atoms. The topological polar surface area (TPSA) is 106 Å². The fraction of sp³-hybridized carbons (Fsp3) is 0.154. The molecular weight excluding hydrogens is 514 g/mol. The molecule has 0 aliphatic heterocycles. The Hall–Kier alpha value is -3.98. The molecule has 0 unspecified atom stereocenters. The minimum absolute atomic E-state index is 0.224. The van der Waals surface area contributed by atoms with E-state index in [2.05, 4.69) is 31.8 Å². The van der Waals surface area contributed by atoms with E-state index in [9.17, 15) is 14.4 Å². The number of amides is 2. The van der Waals surface area contributed by atoms with E-state index >= 15 is 0 Å². The smallest absolute Gasteiger partial charge is 0.344 e. The number of nitrogens with zero attached hydrogens (tertiary/aromatic N) is 1. The summed E-state index contributed by atoms with van der Waals surface area (Å²) in [6.45, 7) is 5.34. The number of para-hydroxylation sites is 1. The molecule has 0 aliphatic carbocycles. The van der Waals surface area contributed by atoms with Crippen molar-refractivity contribution >= 4 is 45.1 Å². The molecule has 0 heterocycles. The quantitative estimate of drug-likeness (QED) is 0.155. The standard InChI is InChI=1S/C26H24BrN3O5/c1-15-8-7-9-16(2)23(15)28-24(31)25(32)30-29-17(3)18-12-13-21(22(14-18)34-4)35-26(33)19-10-5-6-11-20(19)27/h5-14H,1-4H3,(H,28,31)(H,30,32)/b29-17+. The molecule has 0 atom stereocenters. The second-order valence-corrected chi connectivity index (χ2v) is 8.45. The summed E-state index contributed by atoms with van der Waals surface area (Å²) in [4.78, 5) is 37.1. The van der Waals surface area contributed by atoms with Gasteiger partial charge >= 0.3 is 17.8 Å². The first-order valence-corrected chi connectivity index (χ1v) is 11.4. The third-order valence-corrected chi connectivity index (χ3v) is 5.82. The highest BCUT2D eigenvalue weighted by Gasteiger charge is 2.17.